The van der Waals surface area contributed by atoms with Gasteiger partial charge in [0.15, 0.2) is 5.70 Å². The molecule has 0 amide bonds. The normalized spacial score (nSPS) is 14.0. The van der Waals surface area contributed by atoms with Gasteiger partial charge < -0.3 is 15.0 Å². The first-order valence-electron chi connectivity index (χ1n) is 6.07. The molecule has 1 aliphatic heterocycles. The van der Waals surface area contributed by atoms with Gasteiger partial charge in [-0.2, -0.15) is 0 Å². The summed E-state index contributed by atoms with van der Waals surface area (Å²) in [6.07, 6.45) is 2.54. The maximum Gasteiger partial charge on any atom is 0.343 e. The third-order valence-electron chi connectivity index (χ3n) is 3.02. The van der Waals surface area contributed by atoms with Crippen LogP contribution in [0.3, 0.4) is 0 Å². The molecule has 0 bridgehead atoms. The van der Waals surface area contributed by atoms with Crippen LogP contribution in [-0.4, -0.2) is 19.6 Å². The molecule has 0 unspecified atom stereocenters. The maximum atomic E-state index is 11.2. The molecule has 0 saturated heterocycles. The molecular weight excluding hydrogens is 276 g/mol. The van der Waals surface area contributed by atoms with Crippen molar-refractivity contribution in [3.8, 4) is 0 Å². The Morgan fingerprint density at radius 2 is 2.14 bits per heavy atom. The van der Waals surface area contributed by atoms with Crippen molar-refractivity contribution in [3.05, 3.63) is 64.3 Å². The Hall–Kier alpha value is -2.91. The van der Waals surface area contributed by atoms with E-state index in [-0.39, 0.29) is 5.82 Å². The lowest BCUT2D eigenvalue weighted by atomic mass is 10.2. The van der Waals surface area contributed by atoms with E-state index in [4.69, 9.17) is 10.7 Å². The molecule has 2 aromatic rings. The summed E-state index contributed by atoms with van der Waals surface area (Å²) >= 11 is 0. The molecule has 21 heavy (non-hydrogen) atoms. The van der Waals surface area contributed by atoms with Gasteiger partial charge in [0.25, 0.3) is 5.82 Å². The highest BCUT2D eigenvalue weighted by Crippen LogP contribution is 2.24. The van der Waals surface area contributed by atoms with Gasteiger partial charge in [-0.15, -0.1) is 0 Å². The molecule has 2 heterocycles. The minimum Gasteiger partial charge on any atom is -0.393 e. The molecule has 0 radical (unpaired) electrons. The number of nitrogens with one attached hydrogen (secondary N) is 1. The van der Waals surface area contributed by atoms with Gasteiger partial charge in [-0.25, -0.2) is 20.5 Å². The summed E-state index contributed by atoms with van der Waals surface area (Å²) in [6.45, 7) is 0.303. The molecule has 0 aliphatic carbocycles. The van der Waals surface area contributed by atoms with Crippen molar-refractivity contribution >= 4 is 11.5 Å². The van der Waals surface area contributed by atoms with E-state index in [9.17, 15) is 10.1 Å². The lowest BCUT2D eigenvalue weighted by Crippen LogP contribution is -2.37. The van der Waals surface area contributed by atoms with E-state index >= 15 is 0 Å². The Labute approximate surface area is 119 Å². The zero-order valence-corrected chi connectivity index (χ0v) is 10.8. The molecule has 0 saturated carbocycles. The van der Waals surface area contributed by atoms with Gasteiger partial charge in [-0.3, -0.25) is 0 Å². The van der Waals surface area contributed by atoms with Crippen LogP contribution in [0.4, 0.5) is 5.82 Å². The van der Waals surface area contributed by atoms with Gasteiger partial charge >= 0.3 is 5.82 Å². The Morgan fingerprint density at radius 3 is 2.76 bits per heavy atom. The molecular formula is C12H12N6O3. The van der Waals surface area contributed by atoms with E-state index in [1.807, 2.05) is 30.3 Å². The van der Waals surface area contributed by atoms with Crippen LogP contribution in [-0.2, 0) is 11.4 Å². The van der Waals surface area contributed by atoms with E-state index in [1.165, 1.54) is 17.0 Å². The zero-order chi connectivity index (χ0) is 14.8. The second kappa shape index (κ2) is 5.23. The number of aromatic nitrogens is 2. The molecule has 0 spiro atoms. The molecule has 0 atom stereocenters. The van der Waals surface area contributed by atoms with Crippen molar-refractivity contribution in [2.45, 2.75) is 6.54 Å². The highest BCUT2D eigenvalue weighted by atomic mass is 16.7. The quantitative estimate of drug-likeness (QED) is 0.485. The van der Waals surface area contributed by atoms with Crippen LogP contribution in [0, 0.1) is 10.1 Å². The minimum atomic E-state index is -0.482. The van der Waals surface area contributed by atoms with Crippen molar-refractivity contribution in [1.29, 1.82) is 0 Å². The number of rotatable bonds is 4. The summed E-state index contributed by atoms with van der Waals surface area (Å²) in [5.41, 5.74) is 3.71. The lowest BCUT2D eigenvalue weighted by molar-refractivity contribution is -0.392. The second-order valence-corrected chi connectivity index (χ2v) is 4.35. The van der Waals surface area contributed by atoms with E-state index in [2.05, 4.69) is 10.6 Å². The molecule has 3 rings (SSSR count). The molecule has 3 N–H and O–H groups in total. The van der Waals surface area contributed by atoms with Crippen molar-refractivity contribution in [2.75, 3.05) is 0 Å². The summed E-state index contributed by atoms with van der Waals surface area (Å²) in [5, 5.41) is 12.3. The fourth-order valence-electron chi connectivity index (χ4n) is 2.04. The van der Waals surface area contributed by atoms with E-state index < -0.39 is 4.92 Å². The monoisotopic (exact) mass is 288 g/mol. The maximum absolute atomic E-state index is 11.2. The first-order valence-corrected chi connectivity index (χ1v) is 6.07. The predicted octanol–water partition coefficient (Wildman–Crippen LogP) is 0.763. The summed E-state index contributed by atoms with van der Waals surface area (Å²) in [7, 11) is 0. The first-order chi connectivity index (χ1) is 10.2. The van der Waals surface area contributed by atoms with Crippen LogP contribution in [0.15, 0.2) is 42.8 Å². The van der Waals surface area contributed by atoms with Crippen LogP contribution in [0.25, 0.3) is 5.70 Å². The smallest absolute Gasteiger partial charge is 0.343 e. The van der Waals surface area contributed by atoms with Crippen molar-refractivity contribution < 1.29 is 9.76 Å². The topological polar surface area (TPSA) is 111 Å². The van der Waals surface area contributed by atoms with Gasteiger partial charge in [-0.05, 0) is 10.5 Å². The van der Waals surface area contributed by atoms with E-state index in [0.717, 1.165) is 10.7 Å². The number of nitrogens with zero attached hydrogens (tertiary/aromatic N) is 4. The Balaban J connectivity index is 2.03. The Kier molecular flexibility index (Phi) is 3.26. The average molecular weight is 288 g/mol. The van der Waals surface area contributed by atoms with Crippen LogP contribution < -0.4 is 11.4 Å². The van der Waals surface area contributed by atoms with Gasteiger partial charge in [0, 0.05) is 0 Å². The molecule has 1 aromatic heterocycles. The number of benzene rings is 1. The number of imidazole rings is 1. The van der Waals surface area contributed by atoms with Gasteiger partial charge in [0.2, 0.25) is 0 Å². The summed E-state index contributed by atoms with van der Waals surface area (Å²) in [5.74, 6) is 5.89. The number of nitrogens with two attached hydrogens (primary N) is 1. The largest absolute Gasteiger partial charge is 0.393 e. The standard InChI is InChI=1S/C12H12N6O3/c13-17-10(8-21-15-17)12-14-6-11(18(19)20)16(12)7-9-4-2-1-3-5-9/h1-6,8,15H,7,13H2. The average Bonchev–Trinajstić information content (AvgIpc) is 3.06. The zero-order valence-electron chi connectivity index (χ0n) is 10.8. The van der Waals surface area contributed by atoms with Crippen molar-refractivity contribution in [1.82, 2.24) is 20.3 Å². The van der Waals surface area contributed by atoms with Gasteiger partial charge in [0.05, 0.1) is 0 Å². The third kappa shape index (κ3) is 2.42. The van der Waals surface area contributed by atoms with Gasteiger partial charge in [0.1, 0.15) is 19.0 Å². The molecule has 1 aliphatic rings. The number of nitro groups is 1. The second-order valence-electron chi connectivity index (χ2n) is 4.35. The molecule has 1 aromatic carbocycles. The van der Waals surface area contributed by atoms with E-state index in [1.54, 1.807) is 0 Å². The summed E-state index contributed by atoms with van der Waals surface area (Å²) in [6, 6.07) is 9.38. The number of hydrogen-bond donors (Lipinski definition) is 2. The van der Waals surface area contributed by atoms with Crippen LogP contribution in [0.5, 0.6) is 0 Å². The molecule has 108 valence electrons. The predicted molar refractivity (Wildman–Crippen MR) is 72.6 cm³/mol. The Morgan fingerprint density at radius 1 is 1.38 bits per heavy atom. The number of hydrazine groups is 2. The molecule has 0 fully saturated rings. The fraction of sp³-hybridized carbons (Fsp3) is 0.0833. The van der Waals surface area contributed by atoms with Crippen LogP contribution in [0.1, 0.15) is 11.4 Å². The van der Waals surface area contributed by atoms with Crippen molar-refractivity contribution in [2.24, 2.45) is 5.84 Å². The highest BCUT2D eigenvalue weighted by Gasteiger charge is 2.28. The minimum absolute atomic E-state index is 0.116. The SMILES string of the molecule is NN1NOC=C1c1ncc([N+](=O)[O-])n1Cc1ccccc1. The first kappa shape index (κ1) is 13.1. The lowest BCUT2D eigenvalue weighted by Gasteiger charge is -2.11. The fourth-order valence-corrected chi connectivity index (χ4v) is 2.04. The molecule has 9 nitrogen and oxygen atoms in total. The third-order valence-corrected chi connectivity index (χ3v) is 3.02. The van der Waals surface area contributed by atoms with Gasteiger partial charge in [-0.1, -0.05) is 35.9 Å². The van der Waals surface area contributed by atoms with Crippen LogP contribution >= 0.6 is 0 Å². The molecule has 9 heteroatoms. The Bertz CT molecular complexity index is 696. The summed E-state index contributed by atoms with van der Waals surface area (Å²) < 4.78 is 1.47. The highest BCUT2D eigenvalue weighted by molar-refractivity contribution is 5.59. The number of hydrogen-bond acceptors (Lipinski definition) is 7. The van der Waals surface area contributed by atoms with E-state index in [0.29, 0.717) is 18.1 Å². The summed E-state index contributed by atoms with van der Waals surface area (Å²) in [4.78, 5) is 19.6. The van der Waals surface area contributed by atoms with Crippen LogP contribution in [0.2, 0.25) is 0 Å². The van der Waals surface area contributed by atoms with Crippen molar-refractivity contribution in [3.63, 3.8) is 0 Å².